The van der Waals surface area contributed by atoms with E-state index in [1.54, 1.807) is 37.3 Å². The summed E-state index contributed by atoms with van der Waals surface area (Å²) in [7, 11) is 0. The summed E-state index contributed by atoms with van der Waals surface area (Å²) in [6, 6.07) is 10.5. The SMILES string of the molecule is Cc1cccc(NCCc2ccc(Cl)cc2Cl)c1[N+](=O)[O-]. The minimum absolute atomic E-state index is 0.111. The highest BCUT2D eigenvalue weighted by Gasteiger charge is 2.16. The second-order valence-corrected chi connectivity index (χ2v) is 5.48. The minimum atomic E-state index is -0.368. The Morgan fingerprint density at radius 3 is 2.67 bits per heavy atom. The molecule has 0 heterocycles. The van der Waals surface area contributed by atoms with Crippen molar-refractivity contribution in [1.82, 2.24) is 0 Å². The Morgan fingerprint density at radius 2 is 2.00 bits per heavy atom. The molecule has 0 unspecified atom stereocenters. The molecule has 2 aromatic rings. The fourth-order valence-electron chi connectivity index (χ4n) is 2.10. The first-order valence-electron chi connectivity index (χ1n) is 6.41. The van der Waals surface area contributed by atoms with Crippen molar-refractivity contribution >= 4 is 34.6 Å². The van der Waals surface area contributed by atoms with Gasteiger partial charge in [-0.25, -0.2) is 0 Å². The van der Waals surface area contributed by atoms with Crippen molar-refractivity contribution in [3.63, 3.8) is 0 Å². The Bertz CT molecular complexity index is 675. The van der Waals surface area contributed by atoms with Crippen molar-refractivity contribution in [1.29, 1.82) is 0 Å². The lowest BCUT2D eigenvalue weighted by Crippen LogP contribution is -2.07. The van der Waals surface area contributed by atoms with Crippen LogP contribution in [0.25, 0.3) is 0 Å². The highest BCUT2D eigenvalue weighted by atomic mass is 35.5. The molecule has 0 aliphatic heterocycles. The summed E-state index contributed by atoms with van der Waals surface area (Å²) < 4.78 is 0. The van der Waals surface area contributed by atoms with Crippen molar-refractivity contribution in [3.05, 3.63) is 67.7 Å². The van der Waals surface area contributed by atoms with E-state index in [1.807, 2.05) is 6.07 Å². The van der Waals surface area contributed by atoms with Crippen LogP contribution in [0.15, 0.2) is 36.4 Å². The molecular formula is C15H14Cl2N2O2. The molecule has 1 N–H and O–H groups in total. The van der Waals surface area contributed by atoms with Gasteiger partial charge in [-0.3, -0.25) is 10.1 Å². The molecule has 0 saturated carbocycles. The maximum atomic E-state index is 11.1. The van der Waals surface area contributed by atoms with Crippen molar-refractivity contribution in [2.24, 2.45) is 0 Å². The Hall–Kier alpha value is -1.78. The fourth-order valence-corrected chi connectivity index (χ4v) is 2.60. The van der Waals surface area contributed by atoms with Crippen LogP contribution in [-0.2, 0) is 6.42 Å². The first-order valence-corrected chi connectivity index (χ1v) is 7.16. The van der Waals surface area contributed by atoms with Crippen LogP contribution in [0, 0.1) is 17.0 Å². The lowest BCUT2D eigenvalue weighted by molar-refractivity contribution is -0.384. The number of nitrogens with zero attached hydrogens (tertiary/aromatic N) is 1. The standard InChI is InChI=1S/C15H14Cl2N2O2/c1-10-3-2-4-14(15(10)19(20)21)18-8-7-11-5-6-12(16)9-13(11)17/h2-6,9,18H,7-8H2,1H3. The van der Waals surface area contributed by atoms with Crippen molar-refractivity contribution in [3.8, 4) is 0 Å². The van der Waals surface area contributed by atoms with E-state index in [2.05, 4.69) is 5.32 Å². The molecule has 6 heteroatoms. The van der Waals surface area contributed by atoms with E-state index < -0.39 is 0 Å². The van der Waals surface area contributed by atoms with Gasteiger partial charge in [-0.15, -0.1) is 0 Å². The van der Waals surface area contributed by atoms with Crippen LogP contribution in [0.1, 0.15) is 11.1 Å². The summed E-state index contributed by atoms with van der Waals surface area (Å²) in [5, 5.41) is 15.4. The number of rotatable bonds is 5. The number of nitrogens with one attached hydrogen (secondary N) is 1. The quantitative estimate of drug-likeness (QED) is 0.630. The number of anilines is 1. The molecule has 0 aliphatic carbocycles. The topological polar surface area (TPSA) is 55.2 Å². The van der Waals surface area contributed by atoms with Gasteiger partial charge >= 0.3 is 0 Å². The van der Waals surface area contributed by atoms with E-state index in [0.29, 0.717) is 34.3 Å². The average molecular weight is 325 g/mol. The fraction of sp³-hybridized carbons (Fsp3) is 0.200. The normalized spacial score (nSPS) is 10.4. The number of nitro groups is 1. The molecule has 4 nitrogen and oxygen atoms in total. The van der Waals surface area contributed by atoms with Gasteiger partial charge in [-0.05, 0) is 37.1 Å². The first kappa shape index (κ1) is 15.6. The molecule has 21 heavy (non-hydrogen) atoms. The largest absolute Gasteiger partial charge is 0.379 e. The number of para-hydroxylation sites is 1. The van der Waals surface area contributed by atoms with Crippen LogP contribution in [0.2, 0.25) is 10.0 Å². The molecule has 0 fully saturated rings. The van der Waals surface area contributed by atoms with Gasteiger partial charge in [0.1, 0.15) is 5.69 Å². The third kappa shape index (κ3) is 3.86. The number of hydrogen-bond donors (Lipinski definition) is 1. The summed E-state index contributed by atoms with van der Waals surface area (Å²) >= 11 is 11.9. The van der Waals surface area contributed by atoms with Crippen LogP contribution in [-0.4, -0.2) is 11.5 Å². The van der Waals surface area contributed by atoms with E-state index >= 15 is 0 Å². The lowest BCUT2D eigenvalue weighted by atomic mass is 10.1. The van der Waals surface area contributed by atoms with Gasteiger partial charge in [0.2, 0.25) is 0 Å². The number of hydrogen-bond acceptors (Lipinski definition) is 3. The monoisotopic (exact) mass is 324 g/mol. The summed E-state index contributed by atoms with van der Waals surface area (Å²) in [6.45, 7) is 2.27. The Balaban J connectivity index is 2.07. The van der Waals surface area contributed by atoms with E-state index in [4.69, 9.17) is 23.2 Å². The lowest BCUT2D eigenvalue weighted by Gasteiger charge is -2.09. The van der Waals surface area contributed by atoms with Gasteiger partial charge in [-0.1, -0.05) is 41.4 Å². The zero-order chi connectivity index (χ0) is 15.4. The molecule has 0 spiro atoms. The van der Waals surface area contributed by atoms with Gasteiger partial charge in [0.05, 0.1) is 4.92 Å². The van der Waals surface area contributed by atoms with Crippen LogP contribution in [0.4, 0.5) is 11.4 Å². The van der Waals surface area contributed by atoms with Crippen LogP contribution >= 0.6 is 23.2 Å². The third-order valence-electron chi connectivity index (χ3n) is 3.15. The maximum Gasteiger partial charge on any atom is 0.295 e. The van der Waals surface area contributed by atoms with E-state index in [1.165, 1.54) is 0 Å². The molecule has 2 rings (SSSR count). The van der Waals surface area contributed by atoms with Gasteiger partial charge in [0.15, 0.2) is 0 Å². The minimum Gasteiger partial charge on any atom is -0.379 e. The summed E-state index contributed by atoms with van der Waals surface area (Å²) in [5.74, 6) is 0. The Morgan fingerprint density at radius 1 is 1.24 bits per heavy atom. The molecule has 0 bridgehead atoms. The third-order valence-corrected chi connectivity index (χ3v) is 3.73. The number of aryl methyl sites for hydroxylation is 1. The van der Waals surface area contributed by atoms with Crippen molar-refractivity contribution < 1.29 is 4.92 Å². The van der Waals surface area contributed by atoms with Gasteiger partial charge in [0, 0.05) is 22.2 Å². The molecule has 0 radical (unpaired) electrons. The molecule has 0 aliphatic rings. The van der Waals surface area contributed by atoms with Crippen LogP contribution < -0.4 is 5.32 Å². The van der Waals surface area contributed by atoms with E-state index in [9.17, 15) is 10.1 Å². The number of halogens is 2. The van der Waals surface area contributed by atoms with Gasteiger partial charge in [0.25, 0.3) is 5.69 Å². The first-order chi connectivity index (χ1) is 9.99. The number of benzene rings is 2. The highest BCUT2D eigenvalue weighted by Crippen LogP contribution is 2.28. The zero-order valence-corrected chi connectivity index (χ0v) is 12.9. The molecular weight excluding hydrogens is 311 g/mol. The van der Waals surface area contributed by atoms with Gasteiger partial charge < -0.3 is 5.32 Å². The van der Waals surface area contributed by atoms with E-state index in [0.717, 1.165) is 5.56 Å². The summed E-state index contributed by atoms with van der Waals surface area (Å²) in [6.07, 6.45) is 0.654. The van der Waals surface area contributed by atoms with E-state index in [-0.39, 0.29) is 10.6 Å². The predicted molar refractivity (Wildman–Crippen MR) is 86.5 cm³/mol. The Kier molecular flexibility index (Phi) is 5.04. The van der Waals surface area contributed by atoms with Crippen molar-refractivity contribution in [2.45, 2.75) is 13.3 Å². The smallest absolute Gasteiger partial charge is 0.295 e. The Labute approximate surface area is 132 Å². The molecule has 2 aromatic carbocycles. The van der Waals surface area contributed by atoms with Gasteiger partial charge in [-0.2, -0.15) is 0 Å². The summed E-state index contributed by atoms with van der Waals surface area (Å²) in [5.41, 5.74) is 2.21. The summed E-state index contributed by atoms with van der Waals surface area (Å²) in [4.78, 5) is 10.7. The second kappa shape index (κ2) is 6.78. The zero-order valence-electron chi connectivity index (χ0n) is 11.4. The number of nitro benzene ring substituents is 1. The van der Waals surface area contributed by atoms with Crippen LogP contribution in [0.3, 0.4) is 0 Å². The second-order valence-electron chi connectivity index (χ2n) is 4.64. The molecule has 0 saturated heterocycles. The van der Waals surface area contributed by atoms with Crippen LogP contribution in [0.5, 0.6) is 0 Å². The molecule has 110 valence electrons. The average Bonchev–Trinajstić information content (AvgIpc) is 2.41. The molecule has 0 amide bonds. The van der Waals surface area contributed by atoms with Crippen molar-refractivity contribution in [2.75, 3.05) is 11.9 Å². The molecule has 0 aromatic heterocycles. The maximum absolute atomic E-state index is 11.1. The predicted octanol–water partition coefficient (Wildman–Crippen LogP) is 4.86. The molecule has 0 atom stereocenters. The highest BCUT2D eigenvalue weighted by molar-refractivity contribution is 6.35.